The molecule has 2 N–H and O–H groups in total. The van der Waals surface area contributed by atoms with Crippen LogP contribution < -0.4 is 5.32 Å². The minimum absolute atomic E-state index is 0.275. The normalized spacial score (nSPS) is 10.4. The number of unbranched alkanes of at least 4 members (excludes halogenated alkanes) is 2. The number of halogens is 1. The van der Waals surface area contributed by atoms with E-state index in [-0.39, 0.29) is 6.42 Å². The molecule has 1 aromatic rings. The molecule has 0 atom stereocenters. The van der Waals surface area contributed by atoms with Gasteiger partial charge in [0.25, 0.3) is 0 Å². The Labute approximate surface area is 107 Å². The molecule has 0 saturated carbocycles. The van der Waals surface area contributed by atoms with E-state index in [9.17, 15) is 4.79 Å². The summed E-state index contributed by atoms with van der Waals surface area (Å²) in [4.78, 5) is 10.3. The molecule has 0 amide bonds. The maximum atomic E-state index is 10.3. The number of nitrogens with one attached hydrogen (secondary N) is 1. The maximum Gasteiger partial charge on any atom is 0.303 e. The Morgan fingerprint density at radius 3 is 2.53 bits per heavy atom. The Hall–Kier alpha value is -1.06. The standard InChI is InChI=1S/C13H18ClNO2/c14-12-7-5-11(6-8-12)10-15-9-3-1-2-4-13(16)17/h5-8,15H,1-4,9-10H2,(H,16,17). The van der Waals surface area contributed by atoms with Crippen LogP contribution in [0.3, 0.4) is 0 Å². The first-order chi connectivity index (χ1) is 8.18. The van der Waals surface area contributed by atoms with Crippen molar-refractivity contribution in [1.82, 2.24) is 5.32 Å². The van der Waals surface area contributed by atoms with Crippen molar-refractivity contribution in [1.29, 1.82) is 0 Å². The molecule has 0 heterocycles. The molecule has 0 bridgehead atoms. The lowest BCUT2D eigenvalue weighted by atomic mass is 10.2. The number of carbonyl (C=O) groups is 1. The van der Waals surface area contributed by atoms with E-state index in [1.165, 1.54) is 5.56 Å². The third kappa shape index (κ3) is 6.97. The minimum Gasteiger partial charge on any atom is -0.481 e. The molecule has 94 valence electrons. The molecular weight excluding hydrogens is 238 g/mol. The Balaban J connectivity index is 2.01. The highest BCUT2D eigenvalue weighted by molar-refractivity contribution is 6.30. The first kappa shape index (κ1) is 14.0. The van der Waals surface area contributed by atoms with Gasteiger partial charge in [-0.05, 0) is 37.1 Å². The van der Waals surface area contributed by atoms with Gasteiger partial charge in [-0.25, -0.2) is 0 Å². The van der Waals surface area contributed by atoms with E-state index in [2.05, 4.69) is 5.32 Å². The van der Waals surface area contributed by atoms with Crippen molar-refractivity contribution in [3.8, 4) is 0 Å². The molecule has 1 rings (SSSR count). The summed E-state index contributed by atoms with van der Waals surface area (Å²) in [5, 5.41) is 12.5. The van der Waals surface area contributed by atoms with E-state index in [4.69, 9.17) is 16.7 Å². The first-order valence-electron chi connectivity index (χ1n) is 5.85. The van der Waals surface area contributed by atoms with E-state index in [0.717, 1.165) is 37.4 Å². The van der Waals surface area contributed by atoms with E-state index in [1.807, 2.05) is 24.3 Å². The van der Waals surface area contributed by atoms with Crippen LogP contribution in [0.25, 0.3) is 0 Å². The van der Waals surface area contributed by atoms with Crippen molar-refractivity contribution in [2.75, 3.05) is 6.54 Å². The predicted molar refractivity (Wildman–Crippen MR) is 69.3 cm³/mol. The second-order valence-electron chi connectivity index (χ2n) is 4.01. The summed E-state index contributed by atoms with van der Waals surface area (Å²) in [5.41, 5.74) is 1.21. The van der Waals surface area contributed by atoms with Gasteiger partial charge in [-0.15, -0.1) is 0 Å². The van der Waals surface area contributed by atoms with Crippen molar-refractivity contribution < 1.29 is 9.90 Å². The number of rotatable bonds is 8. The van der Waals surface area contributed by atoms with Crippen molar-refractivity contribution >= 4 is 17.6 Å². The van der Waals surface area contributed by atoms with Crippen LogP contribution in [0.15, 0.2) is 24.3 Å². The minimum atomic E-state index is -0.709. The molecule has 4 heteroatoms. The fourth-order valence-corrected chi connectivity index (χ4v) is 1.66. The van der Waals surface area contributed by atoms with Gasteiger partial charge in [0.1, 0.15) is 0 Å². The van der Waals surface area contributed by atoms with Crippen LogP contribution in [0.4, 0.5) is 0 Å². The number of carboxylic acids is 1. The molecule has 0 radical (unpaired) electrons. The van der Waals surface area contributed by atoms with E-state index in [1.54, 1.807) is 0 Å². The molecule has 1 aromatic carbocycles. The lowest BCUT2D eigenvalue weighted by molar-refractivity contribution is -0.137. The summed E-state index contributed by atoms with van der Waals surface area (Å²) >= 11 is 5.79. The predicted octanol–water partition coefficient (Wildman–Crippen LogP) is 3.07. The largest absolute Gasteiger partial charge is 0.481 e. The molecular formula is C13H18ClNO2. The lowest BCUT2D eigenvalue weighted by Crippen LogP contribution is -2.14. The number of hydrogen-bond acceptors (Lipinski definition) is 2. The summed E-state index contributed by atoms with van der Waals surface area (Å²) in [5.74, 6) is -0.709. The van der Waals surface area contributed by atoms with Gasteiger partial charge in [0.15, 0.2) is 0 Å². The monoisotopic (exact) mass is 255 g/mol. The van der Waals surface area contributed by atoms with Gasteiger partial charge in [-0.1, -0.05) is 30.2 Å². The molecule has 0 aromatic heterocycles. The Bertz CT molecular complexity index is 338. The van der Waals surface area contributed by atoms with Gasteiger partial charge in [0.2, 0.25) is 0 Å². The molecule has 17 heavy (non-hydrogen) atoms. The van der Waals surface area contributed by atoms with Crippen molar-refractivity contribution in [3.05, 3.63) is 34.9 Å². The third-order valence-electron chi connectivity index (χ3n) is 2.49. The van der Waals surface area contributed by atoms with Gasteiger partial charge in [-0.3, -0.25) is 4.79 Å². The summed E-state index contributed by atoms with van der Waals surface area (Å²) in [6, 6.07) is 7.76. The van der Waals surface area contributed by atoms with E-state index < -0.39 is 5.97 Å². The zero-order valence-electron chi connectivity index (χ0n) is 9.79. The Morgan fingerprint density at radius 2 is 1.88 bits per heavy atom. The van der Waals surface area contributed by atoms with Gasteiger partial charge >= 0.3 is 5.97 Å². The summed E-state index contributed by atoms with van der Waals surface area (Å²) in [6.07, 6.45) is 3.01. The lowest BCUT2D eigenvalue weighted by Gasteiger charge is -2.04. The molecule has 0 aliphatic carbocycles. The molecule has 0 saturated heterocycles. The number of aliphatic carboxylic acids is 1. The zero-order chi connectivity index (χ0) is 12.5. The fraction of sp³-hybridized carbons (Fsp3) is 0.462. The number of benzene rings is 1. The average Bonchev–Trinajstić information content (AvgIpc) is 2.30. The highest BCUT2D eigenvalue weighted by atomic mass is 35.5. The van der Waals surface area contributed by atoms with Gasteiger partial charge < -0.3 is 10.4 Å². The zero-order valence-corrected chi connectivity index (χ0v) is 10.5. The summed E-state index contributed by atoms with van der Waals surface area (Å²) in [7, 11) is 0. The number of hydrogen-bond donors (Lipinski definition) is 2. The average molecular weight is 256 g/mol. The van der Waals surface area contributed by atoms with Crippen LogP contribution in [0.1, 0.15) is 31.2 Å². The van der Waals surface area contributed by atoms with E-state index >= 15 is 0 Å². The molecule has 3 nitrogen and oxygen atoms in total. The topological polar surface area (TPSA) is 49.3 Å². The third-order valence-corrected chi connectivity index (χ3v) is 2.74. The molecule has 0 fully saturated rings. The van der Waals surface area contributed by atoms with Gasteiger partial charge in [-0.2, -0.15) is 0 Å². The second kappa shape index (κ2) is 8.09. The SMILES string of the molecule is O=C(O)CCCCCNCc1ccc(Cl)cc1. The van der Waals surface area contributed by atoms with Crippen molar-refractivity contribution in [2.24, 2.45) is 0 Å². The summed E-state index contributed by atoms with van der Waals surface area (Å²) in [6.45, 7) is 1.75. The number of carboxylic acid groups (broad SMARTS) is 1. The van der Waals surface area contributed by atoms with Crippen LogP contribution in [-0.4, -0.2) is 17.6 Å². The molecule has 0 aliphatic heterocycles. The smallest absolute Gasteiger partial charge is 0.303 e. The summed E-state index contributed by atoms with van der Waals surface area (Å²) < 4.78 is 0. The van der Waals surface area contributed by atoms with Crippen LogP contribution in [0, 0.1) is 0 Å². The Kier molecular flexibility index (Phi) is 6.67. The van der Waals surface area contributed by atoms with E-state index in [0.29, 0.717) is 0 Å². The molecule has 0 spiro atoms. The first-order valence-corrected chi connectivity index (χ1v) is 6.23. The van der Waals surface area contributed by atoms with Gasteiger partial charge in [0.05, 0.1) is 0 Å². The quantitative estimate of drug-likeness (QED) is 0.702. The van der Waals surface area contributed by atoms with Crippen LogP contribution in [0.5, 0.6) is 0 Å². The second-order valence-corrected chi connectivity index (χ2v) is 4.44. The maximum absolute atomic E-state index is 10.3. The van der Waals surface area contributed by atoms with Crippen LogP contribution >= 0.6 is 11.6 Å². The Morgan fingerprint density at radius 1 is 1.18 bits per heavy atom. The molecule has 0 unspecified atom stereocenters. The molecule has 0 aliphatic rings. The van der Waals surface area contributed by atoms with Gasteiger partial charge in [0, 0.05) is 18.0 Å². The highest BCUT2D eigenvalue weighted by Crippen LogP contribution is 2.09. The van der Waals surface area contributed by atoms with Crippen molar-refractivity contribution in [2.45, 2.75) is 32.2 Å². The van der Waals surface area contributed by atoms with Crippen LogP contribution in [-0.2, 0) is 11.3 Å². The van der Waals surface area contributed by atoms with Crippen molar-refractivity contribution in [3.63, 3.8) is 0 Å². The highest BCUT2D eigenvalue weighted by Gasteiger charge is 1.96. The van der Waals surface area contributed by atoms with Crippen LogP contribution in [0.2, 0.25) is 5.02 Å². The fourth-order valence-electron chi connectivity index (χ4n) is 1.54.